The minimum Gasteiger partial charge on any atom is -0.465 e. The number of ketones is 1. The fraction of sp³-hybridized carbons (Fsp3) is 0.727. The maximum Gasteiger partial charge on any atom is 0.325 e. The molecule has 0 aliphatic carbocycles. The first-order valence-electron chi connectivity index (χ1n) is 5.39. The normalized spacial score (nSPS) is 40.5. The van der Waals surface area contributed by atoms with E-state index in [1.54, 1.807) is 13.8 Å². The van der Waals surface area contributed by atoms with Gasteiger partial charge in [-0.2, -0.15) is 0 Å². The largest absolute Gasteiger partial charge is 0.465 e. The Hall–Kier alpha value is -0.910. The van der Waals surface area contributed by atoms with E-state index in [0.29, 0.717) is 0 Å². The minimum absolute atomic E-state index is 0.0895. The van der Waals surface area contributed by atoms with E-state index in [-0.39, 0.29) is 24.1 Å². The van der Waals surface area contributed by atoms with Crippen LogP contribution in [0.5, 0.6) is 0 Å². The van der Waals surface area contributed by atoms with Crippen LogP contribution in [-0.2, 0) is 23.9 Å². The van der Waals surface area contributed by atoms with Gasteiger partial charge in [0, 0.05) is 12.3 Å². The molecular formula is C11H13BrO5. The Morgan fingerprint density at radius 3 is 2.59 bits per heavy atom. The van der Waals surface area contributed by atoms with E-state index in [1.807, 2.05) is 0 Å². The first-order valence-corrected chi connectivity index (χ1v) is 6.51. The topological polar surface area (TPSA) is 69.7 Å². The van der Waals surface area contributed by atoms with Gasteiger partial charge in [-0.3, -0.25) is 14.4 Å². The molecule has 3 atom stereocenters. The quantitative estimate of drug-likeness (QED) is 0.429. The molecule has 2 aliphatic rings. The van der Waals surface area contributed by atoms with Crippen molar-refractivity contribution >= 4 is 33.7 Å². The number of hydrogen-bond donors (Lipinski definition) is 0. The number of carbonyl (C=O) groups excluding carboxylic acids is 3. The second-order valence-corrected chi connectivity index (χ2v) is 5.19. The van der Waals surface area contributed by atoms with Crippen molar-refractivity contribution in [3.8, 4) is 0 Å². The van der Waals surface area contributed by atoms with Gasteiger partial charge in [-0.25, -0.2) is 0 Å². The molecule has 94 valence electrons. The van der Waals surface area contributed by atoms with Gasteiger partial charge in [-0.15, -0.1) is 0 Å². The van der Waals surface area contributed by atoms with E-state index in [0.717, 1.165) is 0 Å². The maximum absolute atomic E-state index is 12.0. The van der Waals surface area contributed by atoms with Crippen LogP contribution in [0.25, 0.3) is 0 Å². The number of alkyl halides is 1. The Morgan fingerprint density at radius 2 is 2.12 bits per heavy atom. The van der Waals surface area contributed by atoms with Crippen LogP contribution in [0.1, 0.15) is 20.3 Å². The van der Waals surface area contributed by atoms with Gasteiger partial charge in [-0.05, 0) is 6.92 Å². The van der Waals surface area contributed by atoms with Crippen LogP contribution in [0.2, 0.25) is 0 Å². The highest BCUT2D eigenvalue weighted by atomic mass is 79.9. The van der Waals surface area contributed by atoms with Crippen molar-refractivity contribution in [1.82, 2.24) is 0 Å². The Bertz CT molecular complexity index is 407. The van der Waals surface area contributed by atoms with Crippen LogP contribution < -0.4 is 0 Å². The van der Waals surface area contributed by atoms with Crippen molar-refractivity contribution in [2.45, 2.75) is 25.9 Å². The molecule has 0 N–H and O–H groups in total. The zero-order chi connectivity index (χ0) is 12.8. The first kappa shape index (κ1) is 12.5. The molecule has 2 aliphatic heterocycles. The van der Waals surface area contributed by atoms with Crippen LogP contribution in [0.15, 0.2) is 0 Å². The highest BCUT2D eigenvalue weighted by Gasteiger charge is 2.69. The highest BCUT2D eigenvalue weighted by Crippen LogP contribution is 2.51. The van der Waals surface area contributed by atoms with Crippen LogP contribution >= 0.6 is 15.9 Å². The van der Waals surface area contributed by atoms with Gasteiger partial charge in [0.2, 0.25) is 0 Å². The zero-order valence-electron chi connectivity index (χ0n) is 9.62. The zero-order valence-corrected chi connectivity index (χ0v) is 11.2. The Labute approximate surface area is 107 Å². The molecular weight excluding hydrogens is 292 g/mol. The van der Waals surface area contributed by atoms with Crippen LogP contribution in [-0.4, -0.2) is 35.3 Å². The summed E-state index contributed by atoms with van der Waals surface area (Å²) in [4.78, 5) is 35.6. The second kappa shape index (κ2) is 3.80. The van der Waals surface area contributed by atoms with E-state index in [1.165, 1.54) is 0 Å². The Balaban J connectivity index is 2.44. The van der Waals surface area contributed by atoms with Crippen molar-refractivity contribution < 1.29 is 23.9 Å². The Morgan fingerprint density at radius 1 is 1.47 bits per heavy atom. The molecule has 6 heteroatoms. The fourth-order valence-corrected chi connectivity index (χ4v) is 3.12. The van der Waals surface area contributed by atoms with Crippen molar-refractivity contribution in [2.75, 3.05) is 11.9 Å². The van der Waals surface area contributed by atoms with E-state index >= 15 is 0 Å². The number of carbonyl (C=O) groups is 3. The third-order valence-electron chi connectivity index (χ3n) is 4.00. The molecule has 5 nitrogen and oxygen atoms in total. The third-order valence-corrected chi connectivity index (χ3v) is 4.51. The van der Waals surface area contributed by atoms with Gasteiger partial charge in [0.05, 0.1) is 11.9 Å². The molecule has 0 bridgehead atoms. The average molecular weight is 305 g/mol. The van der Waals surface area contributed by atoms with Crippen molar-refractivity contribution in [2.24, 2.45) is 11.3 Å². The maximum atomic E-state index is 12.0. The summed E-state index contributed by atoms with van der Waals surface area (Å²) in [5.74, 6) is -1.96. The lowest BCUT2D eigenvalue weighted by Gasteiger charge is -2.27. The molecule has 2 heterocycles. The van der Waals surface area contributed by atoms with E-state index in [9.17, 15) is 14.4 Å². The summed E-state index contributed by atoms with van der Waals surface area (Å²) in [5, 5.41) is 0.0895. The average Bonchev–Trinajstić information content (AvgIpc) is 2.76. The van der Waals surface area contributed by atoms with E-state index < -0.39 is 28.9 Å². The van der Waals surface area contributed by atoms with Crippen LogP contribution in [0.4, 0.5) is 0 Å². The van der Waals surface area contributed by atoms with Crippen LogP contribution in [0.3, 0.4) is 0 Å². The molecule has 1 spiro atoms. The molecule has 2 saturated heterocycles. The third kappa shape index (κ3) is 1.39. The summed E-state index contributed by atoms with van der Waals surface area (Å²) in [6, 6.07) is 0. The molecule has 2 fully saturated rings. The number of hydrogen-bond acceptors (Lipinski definition) is 5. The summed E-state index contributed by atoms with van der Waals surface area (Å²) in [7, 11) is 0. The van der Waals surface area contributed by atoms with Crippen LogP contribution in [0, 0.1) is 11.3 Å². The highest BCUT2D eigenvalue weighted by molar-refractivity contribution is 9.09. The summed E-state index contributed by atoms with van der Waals surface area (Å²) in [5.41, 5.74) is -2.53. The molecule has 17 heavy (non-hydrogen) atoms. The summed E-state index contributed by atoms with van der Waals surface area (Å²) in [6.45, 7) is 3.45. The standard InChI is InChI=1S/C11H13BrO5/c1-6-10(2,7(13)5-12)17-9(15)11(6)3-4-16-8(11)14/h6H,3-5H2,1-2H3. The lowest BCUT2D eigenvalue weighted by molar-refractivity contribution is -0.162. The molecule has 0 aromatic carbocycles. The van der Waals surface area contributed by atoms with Gasteiger partial charge < -0.3 is 9.47 Å². The van der Waals surface area contributed by atoms with Gasteiger partial charge >= 0.3 is 11.9 Å². The summed E-state index contributed by atoms with van der Waals surface area (Å²) >= 11 is 3.06. The molecule has 0 aromatic rings. The number of cyclic esters (lactones) is 2. The fourth-order valence-electron chi connectivity index (χ4n) is 2.56. The predicted molar refractivity (Wildman–Crippen MR) is 60.5 cm³/mol. The monoisotopic (exact) mass is 304 g/mol. The van der Waals surface area contributed by atoms with E-state index in [2.05, 4.69) is 15.9 Å². The number of ether oxygens (including phenoxy) is 2. The first-order chi connectivity index (χ1) is 7.89. The number of rotatable bonds is 2. The number of halogens is 1. The summed E-state index contributed by atoms with van der Waals surface area (Å²) < 4.78 is 10.1. The Kier molecular flexibility index (Phi) is 2.80. The number of esters is 2. The van der Waals surface area contributed by atoms with Crippen molar-refractivity contribution in [3.05, 3.63) is 0 Å². The predicted octanol–water partition coefficient (Wildman–Crippen LogP) is 0.835. The number of Topliss-reactive ketones (excluding diaryl/α,β-unsaturated/α-hetero) is 1. The lowest BCUT2D eigenvalue weighted by atomic mass is 9.69. The van der Waals surface area contributed by atoms with E-state index in [4.69, 9.17) is 9.47 Å². The molecule has 0 aromatic heterocycles. The summed E-state index contributed by atoms with van der Waals surface area (Å²) in [6.07, 6.45) is 0.289. The van der Waals surface area contributed by atoms with Gasteiger partial charge in [0.25, 0.3) is 0 Å². The molecule has 0 radical (unpaired) electrons. The molecule has 3 unspecified atom stereocenters. The minimum atomic E-state index is -1.29. The molecule has 0 amide bonds. The molecule has 2 rings (SSSR count). The SMILES string of the molecule is CC1C(C)(C(=O)CBr)OC(=O)C12CCOC2=O. The lowest BCUT2D eigenvalue weighted by Crippen LogP contribution is -2.45. The smallest absolute Gasteiger partial charge is 0.325 e. The second-order valence-electron chi connectivity index (χ2n) is 4.63. The van der Waals surface area contributed by atoms with Crippen molar-refractivity contribution in [3.63, 3.8) is 0 Å². The van der Waals surface area contributed by atoms with Gasteiger partial charge in [0.1, 0.15) is 0 Å². The van der Waals surface area contributed by atoms with Gasteiger partial charge in [0.15, 0.2) is 16.8 Å². The van der Waals surface area contributed by atoms with Gasteiger partial charge in [-0.1, -0.05) is 22.9 Å². The molecule has 0 saturated carbocycles. The van der Waals surface area contributed by atoms with Crippen molar-refractivity contribution in [1.29, 1.82) is 0 Å².